The molecule has 0 bridgehead atoms. The van der Waals surface area contributed by atoms with Crippen molar-refractivity contribution in [3.63, 3.8) is 0 Å². The van der Waals surface area contributed by atoms with Crippen molar-refractivity contribution in [2.24, 2.45) is 0 Å². The fraction of sp³-hybridized carbons (Fsp3) is 0.545. The minimum absolute atomic E-state index is 0.0660. The summed E-state index contributed by atoms with van der Waals surface area (Å²) in [7, 11) is 0. The first kappa shape index (κ1) is 14.0. The van der Waals surface area contributed by atoms with Gasteiger partial charge in [-0.15, -0.1) is 0 Å². The van der Waals surface area contributed by atoms with Gasteiger partial charge in [0.05, 0.1) is 6.33 Å². The molecule has 2 rings (SSSR count). The lowest BCUT2D eigenvalue weighted by atomic mass is 10.1. The van der Waals surface area contributed by atoms with E-state index < -0.39 is 0 Å². The molecule has 0 aliphatic carbocycles. The second-order valence-corrected chi connectivity index (χ2v) is 4.97. The van der Waals surface area contributed by atoms with E-state index >= 15 is 0 Å². The molecule has 1 saturated heterocycles. The number of likely N-dealkylation sites (N-methyl/N-ethyl adjacent to an activating group) is 1. The number of anilines is 1. The number of carbonyl (C=O) groups is 1. The summed E-state index contributed by atoms with van der Waals surface area (Å²) >= 11 is 3.23. The van der Waals surface area contributed by atoms with Gasteiger partial charge in [-0.3, -0.25) is 9.59 Å². The number of amides is 1. The zero-order valence-electron chi connectivity index (χ0n) is 10.6. The first-order chi connectivity index (χ1) is 9.15. The second-order valence-electron chi connectivity index (χ2n) is 4.18. The molecule has 3 N–H and O–H groups in total. The molecular weight excluding hydrogens is 314 g/mol. The molecule has 104 valence electrons. The van der Waals surface area contributed by atoms with Gasteiger partial charge >= 0.3 is 0 Å². The van der Waals surface area contributed by atoms with E-state index in [4.69, 9.17) is 0 Å². The van der Waals surface area contributed by atoms with E-state index in [2.05, 4.69) is 36.5 Å². The Morgan fingerprint density at radius 3 is 3.21 bits per heavy atom. The molecule has 19 heavy (non-hydrogen) atoms. The van der Waals surface area contributed by atoms with E-state index in [1.807, 2.05) is 11.8 Å². The third-order valence-electron chi connectivity index (χ3n) is 2.95. The zero-order chi connectivity index (χ0) is 13.8. The van der Waals surface area contributed by atoms with Crippen LogP contribution in [-0.2, 0) is 4.79 Å². The van der Waals surface area contributed by atoms with Crippen molar-refractivity contribution in [2.75, 3.05) is 31.1 Å². The average molecular weight is 330 g/mol. The van der Waals surface area contributed by atoms with Crippen molar-refractivity contribution in [3.8, 4) is 0 Å². The molecule has 1 atom stereocenters. The third-order valence-corrected chi connectivity index (χ3v) is 3.66. The monoisotopic (exact) mass is 329 g/mol. The lowest BCUT2D eigenvalue weighted by molar-refractivity contribution is -0.122. The number of piperazine rings is 1. The summed E-state index contributed by atoms with van der Waals surface area (Å²) in [6, 6.07) is -0.362. The van der Waals surface area contributed by atoms with Crippen LogP contribution in [0.1, 0.15) is 6.92 Å². The van der Waals surface area contributed by atoms with Gasteiger partial charge in [-0.05, 0) is 22.9 Å². The Kier molecular flexibility index (Phi) is 4.54. The molecule has 1 unspecified atom stereocenters. The summed E-state index contributed by atoms with van der Waals surface area (Å²) in [5, 5.41) is 5.98. The number of aromatic nitrogens is 2. The van der Waals surface area contributed by atoms with Crippen molar-refractivity contribution >= 4 is 27.7 Å². The van der Waals surface area contributed by atoms with Gasteiger partial charge in [0.15, 0.2) is 5.82 Å². The Labute approximate surface area is 118 Å². The Morgan fingerprint density at radius 1 is 1.68 bits per heavy atom. The van der Waals surface area contributed by atoms with Crippen LogP contribution in [0.2, 0.25) is 0 Å². The van der Waals surface area contributed by atoms with Gasteiger partial charge in [-0.2, -0.15) is 0 Å². The van der Waals surface area contributed by atoms with E-state index in [9.17, 15) is 9.59 Å². The minimum atomic E-state index is -0.362. The summed E-state index contributed by atoms with van der Waals surface area (Å²) in [5.41, 5.74) is -0.252. The van der Waals surface area contributed by atoms with Gasteiger partial charge in [0, 0.05) is 26.2 Å². The number of rotatable bonds is 3. The van der Waals surface area contributed by atoms with Crippen molar-refractivity contribution in [1.82, 2.24) is 20.6 Å². The van der Waals surface area contributed by atoms with Crippen LogP contribution in [0.25, 0.3) is 0 Å². The maximum atomic E-state index is 12.1. The highest BCUT2D eigenvalue weighted by atomic mass is 79.9. The van der Waals surface area contributed by atoms with Gasteiger partial charge in [0.25, 0.3) is 5.56 Å². The molecule has 1 aromatic rings. The fourth-order valence-corrected chi connectivity index (χ4v) is 2.50. The predicted molar refractivity (Wildman–Crippen MR) is 75.2 cm³/mol. The average Bonchev–Trinajstić information content (AvgIpc) is 2.42. The summed E-state index contributed by atoms with van der Waals surface area (Å²) in [6.07, 6.45) is 1.35. The molecule has 1 aliphatic heterocycles. The number of nitrogens with zero attached hydrogens (tertiary/aromatic N) is 2. The maximum Gasteiger partial charge on any atom is 0.267 e. The molecule has 7 nitrogen and oxygen atoms in total. The van der Waals surface area contributed by atoms with Crippen molar-refractivity contribution in [1.29, 1.82) is 0 Å². The summed E-state index contributed by atoms with van der Waals surface area (Å²) in [4.78, 5) is 32.2. The standard InChI is InChI=1S/C11H16BrN5O2/c1-2-14-10(18)7-5-13-3-4-17(7)9-8(12)11(19)16-6-15-9/h6-7,13H,2-5H2,1H3,(H,14,18)(H,15,16,19). The van der Waals surface area contributed by atoms with Crippen LogP contribution in [-0.4, -0.2) is 48.1 Å². The lowest BCUT2D eigenvalue weighted by Gasteiger charge is -2.36. The van der Waals surface area contributed by atoms with Gasteiger partial charge < -0.3 is 20.5 Å². The molecule has 0 spiro atoms. The maximum absolute atomic E-state index is 12.1. The number of nitrogens with one attached hydrogen (secondary N) is 3. The summed E-state index contributed by atoms with van der Waals surface area (Å²) in [6.45, 7) is 4.35. The Balaban J connectivity index is 2.31. The van der Waals surface area contributed by atoms with Crippen LogP contribution in [0.4, 0.5) is 5.82 Å². The molecule has 0 radical (unpaired) electrons. The molecular formula is C11H16BrN5O2. The molecule has 1 aliphatic rings. The molecule has 2 heterocycles. The highest BCUT2D eigenvalue weighted by Gasteiger charge is 2.30. The first-order valence-corrected chi connectivity index (χ1v) is 6.92. The van der Waals surface area contributed by atoms with Gasteiger partial charge in [0.1, 0.15) is 10.5 Å². The van der Waals surface area contributed by atoms with Crippen LogP contribution in [0.5, 0.6) is 0 Å². The number of halogens is 1. The number of carbonyl (C=O) groups excluding carboxylic acids is 1. The number of H-pyrrole nitrogens is 1. The van der Waals surface area contributed by atoms with Crippen LogP contribution in [0, 0.1) is 0 Å². The highest BCUT2D eigenvalue weighted by Crippen LogP contribution is 2.22. The van der Waals surface area contributed by atoms with Crippen LogP contribution >= 0.6 is 15.9 Å². The van der Waals surface area contributed by atoms with Gasteiger partial charge in [-0.25, -0.2) is 4.98 Å². The summed E-state index contributed by atoms with van der Waals surface area (Å²) in [5.74, 6) is 0.435. The Morgan fingerprint density at radius 2 is 2.47 bits per heavy atom. The van der Waals surface area contributed by atoms with Gasteiger partial charge in [0.2, 0.25) is 5.91 Å². The molecule has 1 fully saturated rings. The minimum Gasteiger partial charge on any atom is -0.355 e. The van der Waals surface area contributed by atoms with Crippen LogP contribution in [0.3, 0.4) is 0 Å². The van der Waals surface area contributed by atoms with E-state index in [0.717, 1.165) is 6.54 Å². The molecule has 8 heteroatoms. The SMILES string of the molecule is CCNC(=O)C1CNCCN1c1nc[nH]c(=O)c1Br. The second kappa shape index (κ2) is 6.16. The molecule has 0 aromatic carbocycles. The number of aromatic amines is 1. The van der Waals surface area contributed by atoms with Gasteiger partial charge in [-0.1, -0.05) is 0 Å². The molecule has 1 aromatic heterocycles. The normalized spacial score (nSPS) is 19.3. The van der Waals surface area contributed by atoms with Crippen LogP contribution in [0.15, 0.2) is 15.6 Å². The molecule has 1 amide bonds. The van der Waals surface area contributed by atoms with E-state index in [0.29, 0.717) is 29.9 Å². The highest BCUT2D eigenvalue weighted by molar-refractivity contribution is 9.10. The largest absolute Gasteiger partial charge is 0.355 e. The van der Waals surface area contributed by atoms with Crippen molar-refractivity contribution in [3.05, 3.63) is 21.2 Å². The first-order valence-electron chi connectivity index (χ1n) is 6.13. The van der Waals surface area contributed by atoms with Crippen LogP contribution < -0.4 is 21.1 Å². The third kappa shape index (κ3) is 2.95. The smallest absolute Gasteiger partial charge is 0.267 e. The summed E-state index contributed by atoms with van der Waals surface area (Å²) < 4.78 is 0.353. The Hall–Kier alpha value is -1.41. The van der Waals surface area contributed by atoms with E-state index in [-0.39, 0.29) is 17.5 Å². The zero-order valence-corrected chi connectivity index (χ0v) is 12.2. The van der Waals surface area contributed by atoms with E-state index in [1.54, 1.807) is 0 Å². The van der Waals surface area contributed by atoms with E-state index in [1.165, 1.54) is 6.33 Å². The Bertz CT molecular complexity index is 518. The quantitative estimate of drug-likeness (QED) is 0.692. The van der Waals surface area contributed by atoms with Crippen molar-refractivity contribution in [2.45, 2.75) is 13.0 Å². The lowest BCUT2D eigenvalue weighted by Crippen LogP contribution is -2.58. The number of hydrogen-bond acceptors (Lipinski definition) is 5. The molecule has 0 saturated carbocycles. The fourth-order valence-electron chi connectivity index (χ4n) is 2.06. The number of hydrogen-bond donors (Lipinski definition) is 3. The van der Waals surface area contributed by atoms with Crippen molar-refractivity contribution < 1.29 is 4.79 Å². The predicted octanol–water partition coefficient (Wildman–Crippen LogP) is -0.553. The topological polar surface area (TPSA) is 90.1 Å².